The molecule has 2 N–H and O–H groups in total. The van der Waals surface area contributed by atoms with Crippen LogP contribution in [-0.2, 0) is 11.3 Å². The van der Waals surface area contributed by atoms with Gasteiger partial charge in [-0.2, -0.15) is 0 Å². The van der Waals surface area contributed by atoms with Crippen LogP contribution in [0, 0.1) is 0 Å². The highest BCUT2D eigenvalue weighted by molar-refractivity contribution is 9.10. The molecule has 0 unspecified atom stereocenters. The van der Waals surface area contributed by atoms with Gasteiger partial charge in [0.25, 0.3) is 5.56 Å². The van der Waals surface area contributed by atoms with Crippen LogP contribution in [0.3, 0.4) is 0 Å². The summed E-state index contributed by atoms with van der Waals surface area (Å²) < 4.78 is 1.91. The molecule has 1 aromatic heterocycles. The topological polar surface area (TPSA) is 93.1 Å². The van der Waals surface area contributed by atoms with E-state index in [-0.39, 0.29) is 12.1 Å². The van der Waals surface area contributed by atoms with Crippen molar-refractivity contribution in [1.29, 1.82) is 0 Å². The first-order valence-electron chi connectivity index (χ1n) is 6.73. The van der Waals surface area contributed by atoms with Crippen molar-refractivity contribution in [2.45, 2.75) is 19.9 Å². The highest BCUT2D eigenvalue weighted by atomic mass is 79.9. The molecule has 0 saturated heterocycles. The Bertz CT molecular complexity index is 772. The van der Waals surface area contributed by atoms with Gasteiger partial charge in [0.1, 0.15) is 6.54 Å². The Labute approximate surface area is 134 Å². The minimum Gasteiger partial charge on any atom is -0.338 e. The summed E-state index contributed by atoms with van der Waals surface area (Å²) in [4.78, 5) is 39.6. The second-order valence-electron chi connectivity index (χ2n) is 4.64. The summed E-state index contributed by atoms with van der Waals surface area (Å²) in [5, 5.41) is 5.09. The number of nitrogens with one attached hydrogen (secondary N) is 2. The number of rotatable bonds is 4. The third kappa shape index (κ3) is 3.91. The van der Waals surface area contributed by atoms with E-state index in [1.165, 1.54) is 6.33 Å². The number of urea groups is 1. The monoisotopic (exact) mass is 366 g/mol. The fourth-order valence-corrected chi connectivity index (χ4v) is 2.21. The fraction of sp³-hybridized carbons (Fsp3) is 0.286. The van der Waals surface area contributed by atoms with Crippen LogP contribution in [0.4, 0.5) is 4.79 Å². The van der Waals surface area contributed by atoms with E-state index in [1.54, 1.807) is 18.2 Å². The molecule has 0 aliphatic carbocycles. The van der Waals surface area contributed by atoms with Gasteiger partial charge < -0.3 is 5.32 Å². The second-order valence-corrected chi connectivity index (χ2v) is 5.56. The summed E-state index contributed by atoms with van der Waals surface area (Å²) in [6.45, 7) is 2.11. The molecule has 1 heterocycles. The number of nitrogens with zero attached hydrogens (tertiary/aromatic N) is 2. The van der Waals surface area contributed by atoms with E-state index >= 15 is 0 Å². The van der Waals surface area contributed by atoms with Gasteiger partial charge in [0.2, 0.25) is 5.91 Å². The lowest BCUT2D eigenvalue weighted by Gasteiger charge is -2.08. The van der Waals surface area contributed by atoms with Crippen molar-refractivity contribution in [1.82, 2.24) is 20.2 Å². The number of carbonyl (C=O) groups excluding carboxylic acids is 2. The summed E-state index contributed by atoms with van der Waals surface area (Å²) in [6, 6.07) is 4.57. The van der Waals surface area contributed by atoms with Crippen molar-refractivity contribution in [2.24, 2.45) is 0 Å². The van der Waals surface area contributed by atoms with Gasteiger partial charge in [-0.15, -0.1) is 0 Å². The summed E-state index contributed by atoms with van der Waals surface area (Å²) >= 11 is 3.29. The van der Waals surface area contributed by atoms with E-state index in [0.29, 0.717) is 17.4 Å². The van der Waals surface area contributed by atoms with Crippen LogP contribution in [0.5, 0.6) is 0 Å². The lowest BCUT2D eigenvalue weighted by Crippen LogP contribution is -2.42. The van der Waals surface area contributed by atoms with E-state index in [4.69, 9.17) is 0 Å². The Hall–Kier alpha value is -2.22. The minimum absolute atomic E-state index is 0.270. The molecule has 7 nitrogen and oxygen atoms in total. The van der Waals surface area contributed by atoms with Gasteiger partial charge in [-0.1, -0.05) is 22.9 Å². The molecule has 22 heavy (non-hydrogen) atoms. The Balaban J connectivity index is 2.14. The van der Waals surface area contributed by atoms with Crippen molar-refractivity contribution < 1.29 is 9.59 Å². The molecule has 0 aliphatic heterocycles. The van der Waals surface area contributed by atoms with Gasteiger partial charge in [-0.3, -0.25) is 19.5 Å². The highest BCUT2D eigenvalue weighted by Gasteiger charge is 2.11. The number of hydrogen-bond donors (Lipinski definition) is 2. The Kier molecular flexibility index (Phi) is 5.26. The molecule has 0 aliphatic rings. The Morgan fingerprint density at radius 3 is 2.86 bits per heavy atom. The fourth-order valence-electron chi connectivity index (χ4n) is 1.85. The molecule has 0 saturated carbocycles. The first kappa shape index (κ1) is 16.2. The van der Waals surface area contributed by atoms with Crippen LogP contribution < -0.4 is 16.2 Å². The molecule has 0 atom stereocenters. The highest BCUT2D eigenvalue weighted by Crippen LogP contribution is 2.14. The number of halogens is 1. The number of carbonyl (C=O) groups is 2. The van der Waals surface area contributed by atoms with Crippen molar-refractivity contribution in [3.8, 4) is 0 Å². The molecule has 2 rings (SSSR count). The van der Waals surface area contributed by atoms with Crippen LogP contribution >= 0.6 is 15.9 Å². The van der Waals surface area contributed by atoms with E-state index in [1.807, 2.05) is 6.92 Å². The molecule has 0 fully saturated rings. The van der Waals surface area contributed by atoms with Crippen molar-refractivity contribution >= 4 is 38.8 Å². The van der Waals surface area contributed by atoms with E-state index in [9.17, 15) is 14.4 Å². The average molecular weight is 367 g/mol. The molecule has 0 radical (unpaired) electrons. The summed E-state index contributed by atoms with van der Waals surface area (Å²) in [5.41, 5.74) is 0.209. The molecule has 8 heteroatoms. The lowest BCUT2D eigenvalue weighted by molar-refractivity contribution is -0.120. The normalized spacial score (nSPS) is 10.5. The Morgan fingerprint density at radius 1 is 1.36 bits per heavy atom. The van der Waals surface area contributed by atoms with Crippen molar-refractivity contribution in [3.63, 3.8) is 0 Å². The largest absolute Gasteiger partial charge is 0.338 e. The van der Waals surface area contributed by atoms with Gasteiger partial charge in [-0.05, 0) is 24.6 Å². The zero-order valence-corrected chi connectivity index (χ0v) is 13.5. The van der Waals surface area contributed by atoms with Crippen molar-refractivity contribution in [2.75, 3.05) is 6.54 Å². The maximum Gasteiger partial charge on any atom is 0.321 e. The molecule has 116 valence electrons. The zero-order valence-electron chi connectivity index (χ0n) is 11.9. The molecule has 0 bridgehead atoms. The molecular formula is C14H15BrN4O3. The number of aromatic nitrogens is 2. The lowest BCUT2D eigenvalue weighted by atomic mass is 10.2. The first-order chi connectivity index (χ1) is 10.5. The van der Waals surface area contributed by atoms with E-state index < -0.39 is 11.9 Å². The number of hydrogen-bond acceptors (Lipinski definition) is 4. The second kappa shape index (κ2) is 7.17. The summed E-state index contributed by atoms with van der Waals surface area (Å²) in [7, 11) is 0. The van der Waals surface area contributed by atoms with Gasteiger partial charge in [0, 0.05) is 11.0 Å². The van der Waals surface area contributed by atoms with Crippen molar-refractivity contribution in [3.05, 3.63) is 39.4 Å². The number of fused-ring (bicyclic) bond motifs is 1. The quantitative estimate of drug-likeness (QED) is 0.854. The SMILES string of the molecule is CCCNC(=O)NC(=O)Cn1cnc2ccc(Br)cc2c1=O. The first-order valence-corrected chi connectivity index (χ1v) is 7.53. The third-order valence-corrected chi connectivity index (χ3v) is 3.38. The Morgan fingerprint density at radius 2 is 2.14 bits per heavy atom. The van der Waals surface area contributed by atoms with E-state index in [2.05, 4.69) is 31.5 Å². The third-order valence-electron chi connectivity index (χ3n) is 2.89. The smallest absolute Gasteiger partial charge is 0.321 e. The maximum absolute atomic E-state index is 12.3. The number of benzene rings is 1. The predicted molar refractivity (Wildman–Crippen MR) is 85.5 cm³/mol. The van der Waals surface area contributed by atoms with Gasteiger partial charge >= 0.3 is 6.03 Å². The molecule has 2 aromatic rings. The predicted octanol–water partition coefficient (Wildman–Crippen LogP) is 1.39. The molecule has 1 aromatic carbocycles. The zero-order chi connectivity index (χ0) is 16.1. The van der Waals surface area contributed by atoms with Crippen LogP contribution in [0.25, 0.3) is 10.9 Å². The van der Waals surface area contributed by atoms with Crippen LogP contribution in [0.15, 0.2) is 33.8 Å². The molecule has 3 amide bonds. The molecular weight excluding hydrogens is 352 g/mol. The van der Waals surface area contributed by atoms with Gasteiger partial charge in [0.05, 0.1) is 17.2 Å². The van der Waals surface area contributed by atoms with E-state index in [0.717, 1.165) is 15.5 Å². The molecule has 0 spiro atoms. The van der Waals surface area contributed by atoms with Crippen LogP contribution in [0.2, 0.25) is 0 Å². The summed E-state index contributed by atoms with van der Waals surface area (Å²) in [5.74, 6) is -0.577. The number of imide groups is 1. The maximum atomic E-state index is 12.3. The standard InChI is InChI=1S/C14H15BrN4O3/c1-2-5-16-14(22)18-12(20)7-19-8-17-11-4-3-9(15)6-10(11)13(19)21/h3-4,6,8H,2,5,7H2,1H3,(H2,16,18,20,22). The van der Waals surface area contributed by atoms with Gasteiger partial charge in [-0.25, -0.2) is 9.78 Å². The number of amides is 3. The van der Waals surface area contributed by atoms with Gasteiger partial charge in [0.15, 0.2) is 0 Å². The van der Waals surface area contributed by atoms with Crippen LogP contribution in [0.1, 0.15) is 13.3 Å². The minimum atomic E-state index is -0.577. The average Bonchev–Trinajstić information content (AvgIpc) is 2.48. The summed E-state index contributed by atoms with van der Waals surface area (Å²) in [6.07, 6.45) is 2.06. The van der Waals surface area contributed by atoms with Crippen LogP contribution in [-0.4, -0.2) is 28.0 Å².